The third-order valence-corrected chi connectivity index (χ3v) is 6.84. The van der Waals surface area contributed by atoms with Crippen molar-refractivity contribution in [2.24, 2.45) is 0 Å². The molecule has 188 valence electrons. The first-order valence-electron chi connectivity index (χ1n) is 12.4. The molecule has 0 aliphatic carbocycles. The fourth-order valence-corrected chi connectivity index (χ4v) is 4.94. The first-order valence-corrected chi connectivity index (χ1v) is 12.4. The second-order valence-corrected chi connectivity index (χ2v) is 9.16. The summed E-state index contributed by atoms with van der Waals surface area (Å²) in [4.78, 5) is 32.9. The number of pyridine rings is 1. The molecule has 4 aromatic rings. The van der Waals surface area contributed by atoms with E-state index in [-0.39, 0.29) is 11.3 Å². The molecule has 0 spiro atoms. The molecule has 3 heterocycles. The third-order valence-electron chi connectivity index (χ3n) is 6.84. The number of fused-ring (bicyclic) bond motifs is 1. The number of hydrogen-bond donors (Lipinski definition) is 1. The molecule has 7 heteroatoms. The maximum atomic E-state index is 13.4. The molecule has 37 heavy (non-hydrogen) atoms. The monoisotopic (exact) mass is 495 g/mol. The van der Waals surface area contributed by atoms with Gasteiger partial charge in [-0.05, 0) is 62.1 Å². The number of rotatable bonds is 7. The van der Waals surface area contributed by atoms with Crippen molar-refractivity contribution >= 4 is 23.1 Å². The van der Waals surface area contributed by atoms with Gasteiger partial charge in [0.15, 0.2) is 5.76 Å². The largest absolute Gasteiger partial charge is 0.505 e. The zero-order valence-corrected chi connectivity index (χ0v) is 21.1. The van der Waals surface area contributed by atoms with E-state index in [1.165, 1.54) is 0 Å². The number of aromatic nitrogens is 2. The van der Waals surface area contributed by atoms with Gasteiger partial charge >= 0.3 is 0 Å². The SMILES string of the molecule is CCOc1ccc(C2C(=C(O)c3nc4c(C)cccn4c3C)C(=O)C(=O)N2CCc2ccccc2)cc1. The predicted octanol–water partition coefficient (Wildman–Crippen LogP) is 5.01. The normalized spacial score (nSPS) is 17.1. The summed E-state index contributed by atoms with van der Waals surface area (Å²) in [5.74, 6) is -0.911. The van der Waals surface area contributed by atoms with Gasteiger partial charge in [0.05, 0.1) is 23.9 Å². The molecule has 1 atom stereocenters. The van der Waals surface area contributed by atoms with Gasteiger partial charge in [-0.15, -0.1) is 0 Å². The highest BCUT2D eigenvalue weighted by molar-refractivity contribution is 6.46. The van der Waals surface area contributed by atoms with Crippen molar-refractivity contribution in [2.75, 3.05) is 13.2 Å². The summed E-state index contributed by atoms with van der Waals surface area (Å²) in [7, 11) is 0. The molecule has 2 aromatic heterocycles. The van der Waals surface area contributed by atoms with Crippen LogP contribution in [0.1, 0.15) is 41.0 Å². The second kappa shape index (κ2) is 9.93. The summed E-state index contributed by atoms with van der Waals surface area (Å²) in [6, 6.07) is 20.2. The Balaban J connectivity index is 1.63. The highest BCUT2D eigenvalue weighted by Gasteiger charge is 2.46. The predicted molar refractivity (Wildman–Crippen MR) is 141 cm³/mol. The minimum absolute atomic E-state index is 0.0476. The van der Waals surface area contributed by atoms with Crippen LogP contribution in [0, 0.1) is 13.8 Å². The molecule has 0 saturated carbocycles. The van der Waals surface area contributed by atoms with Crippen molar-refractivity contribution in [3.05, 3.63) is 107 Å². The van der Waals surface area contributed by atoms with Crippen LogP contribution in [0.3, 0.4) is 0 Å². The second-order valence-electron chi connectivity index (χ2n) is 9.16. The minimum Gasteiger partial charge on any atom is -0.505 e. The summed E-state index contributed by atoms with van der Waals surface area (Å²) in [5.41, 5.74) is 4.44. The quantitative estimate of drug-likeness (QED) is 0.221. The standard InChI is InChI=1S/C30H29N3O4/c1-4-37-23-14-12-22(13-15-23)26-24(27(34)25-20(3)32-17-8-9-19(2)29(32)31-25)28(35)30(36)33(26)18-16-21-10-6-5-7-11-21/h5-15,17,26,34H,4,16,18H2,1-3H3. The number of likely N-dealkylation sites (tertiary alicyclic amines) is 1. The minimum atomic E-state index is -0.746. The van der Waals surface area contributed by atoms with E-state index in [2.05, 4.69) is 4.98 Å². The van der Waals surface area contributed by atoms with E-state index in [1.54, 1.807) is 4.90 Å². The number of nitrogens with zero attached hydrogens (tertiary/aromatic N) is 3. The summed E-state index contributed by atoms with van der Waals surface area (Å²) in [5, 5.41) is 11.5. The van der Waals surface area contributed by atoms with Crippen LogP contribution >= 0.6 is 0 Å². The molecule has 7 nitrogen and oxygen atoms in total. The molecule has 1 saturated heterocycles. The van der Waals surface area contributed by atoms with Crippen molar-refractivity contribution in [1.82, 2.24) is 14.3 Å². The molecular weight excluding hydrogens is 466 g/mol. The fraction of sp³-hybridized carbons (Fsp3) is 0.233. The lowest BCUT2D eigenvalue weighted by Gasteiger charge is -2.25. The molecule has 2 aromatic carbocycles. The first-order chi connectivity index (χ1) is 17.9. The van der Waals surface area contributed by atoms with Crippen LogP contribution in [0.4, 0.5) is 0 Å². The fourth-order valence-electron chi connectivity index (χ4n) is 4.94. The van der Waals surface area contributed by atoms with E-state index in [0.717, 1.165) is 16.7 Å². The lowest BCUT2D eigenvalue weighted by atomic mass is 9.96. The molecule has 0 radical (unpaired) electrons. The van der Waals surface area contributed by atoms with Crippen LogP contribution in [-0.4, -0.2) is 44.2 Å². The molecule has 1 N–H and O–H groups in total. The topological polar surface area (TPSA) is 84.1 Å². The van der Waals surface area contributed by atoms with Crippen LogP contribution in [0.15, 0.2) is 78.5 Å². The van der Waals surface area contributed by atoms with E-state index in [0.29, 0.717) is 42.4 Å². The Hall–Kier alpha value is -4.39. The number of aliphatic hydroxyl groups is 1. The summed E-state index contributed by atoms with van der Waals surface area (Å²) < 4.78 is 7.46. The van der Waals surface area contributed by atoms with Gasteiger partial charge in [0.2, 0.25) is 0 Å². The third kappa shape index (κ3) is 4.37. The number of imidazole rings is 1. The maximum Gasteiger partial charge on any atom is 0.295 e. The molecule has 1 aliphatic heterocycles. The van der Waals surface area contributed by atoms with Crippen molar-refractivity contribution < 1.29 is 19.4 Å². The number of carbonyl (C=O) groups excluding carboxylic acids is 2. The Morgan fingerprint density at radius 2 is 1.73 bits per heavy atom. The molecule has 1 amide bonds. The number of aliphatic hydroxyl groups excluding tert-OH is 1. The Kier molecular flexibility index (Phi) is 6.53. The number of ether oxygens (including phenoxy) is 1. The maximum absolute atomic E-state index is 13.4. The number of ketones is 1. The summed E-state index contributed by atoms with van der Waals surface area (Å²) >= 11 is 0. The number of amides is 1. The van der Waals surface area contributed by atoms with Crippen LogP contribution in [0.25, 0.3) is 11.4 Å². The summed E-state index contributed by atoms with van der Waals surface area (Å²) in [6.45, 7) is 6.54. The molecule has 5 rings (SSSR count). The van der Waals surface area contributed by atoms with Gasteiger partial charge in [0.25, 0.3) is 11.7 Å². The number of aryl methyl sites for hydroxylation is 2. The molecule has 1 fully saturated rings. The van der Waals surface area contributed by atoms with E-state index in [4.69, 9.17) is 4.74 Å². The van der Waals surface area contributed by atoms with Crippen LogP contribution in [0.2, 0.25) is 0 Å². The Morgan fingerprint density at radius 1 is 1.00 bits per heavy atom. The van der Waals surface area contributed by atoms with Crippen LogP contribution < -0.4 is 4.74 Å². The molecular formula is C30H29N3O4. The van der Waals surface area contributed by atoms with Crippen molar-refractivity contribution in [1.29, 1.82) is 0 Å². The average Bonchev–Trinajstić information content (AvgIpc) is 3.38. The lowest BCUT2D eigenvalue weighted by Crippen LogP contribution is -2.31. The van der Waals surface area contributed by atoms with Crippen LogP contribution in [-0.2, 0) is 16.0 Å². The van der Waals surface area contributed by atoms with Gasteiger partial charge in [0.1, 0.15) is 17.1 Å². The van der Waals surface area contributed by atoms with Crippen molar-refractivity contribution in [3.63, 3.8) is 0 Å². The highest BCUT2D eigenvalue weighted by Crippen LogP contribution is 2.40. The first kappa shape index (κ1) is 24.3. The lowest BCUT2D eigenvalue weighted by molar-refractivity contribution is -0.139. The number of Topliss-reactive ketones (excluding diaryl/α,β-unsaturated/α-hetero) is 1. The molecule has 1 aliphatic rings. The zero-order valence-electron chi connectivity index (χ0n) is 21.1. The number of carbonyl (C=O) groups is 2. The number of hydrogen-bond acceptors (Lipinski definition) is 5. The van der Waals surface area contributed by atoms with Crippen LogP contribution in [0.5, 0.6) is 5.75 Å². The van der Waals surface area contributed by atoms with Gasteiger partial charge in [0, 0.05) is 12.7 Å². The van der Waals surface area contributed by atoms with Gasteiger partial charge < -0.3 is 19.1 Å². The Morgan fingerprint density at radius 3 is 2.41 bits per heavy atom. The van der Waals surface area contributed by atoms with Gasteiger partial charge in [-0.2, -0.15) is 0 Å². The van der Waals surface area contributed by atoms with E-state index >= 15 is 0 Å². The Labute approximate surface area is 215 Å². The van der Waals surface area contributed by atoms with E-state index in [1.807, 2.05) is 98.1 Å². The summed E-state index contributed by atoms with van der Waals surface area (Å²) in [6.07, 6.45) is 2.44. The van der Waals surface area contributed by atoms with E-state index in [9.17, 15) is 14.7 Å². The van der Waals surface area contributed by atoms with Gasteiger partial charge in [-0.3, -0.25) is 9.59 Å². The Bertz CT molecular complexity index is 1500. The van der Waals surface area contributed by atoms with Gasteiger partial charge in [-0.25, -0.2) is 4.98 Å². The zero-order chi connectivity index (χ0) is 26.1. The number of benzene rings is 2. The molecule has 1 unspecified atom stereocenters. The highest BCUT2D eigenvalue weighted by atomic mass is 16.5. The van der Waals surface area contributed by atoms with E-state index < -0.39 is 17.7 Å². The average molecular weight is 496 g/mol. The van der Waals surface area contributed by atoms with Gasteiger partial charge in [-0.1, -0.05) is 48.5 Å². The van der Waals surface area contributed by atoms with Crippen molar-refractivity contribution in [2.45, 2.75) is 33.2 Å². The molecule has 0 bridgehead atoms. The van der Waals surface area contributed by atoms with Crippen molar-refractivity contribution in [3.8, 4) is 5.75 Å². The smallest absolute Gasteiger partial charge is 0.295 e.